The molecule has 9 heteroatoms. The molecule has 5 rings (SSSR count). The van der Waals surface area contributed by atoms with Crippen LogP contribution in [0.5, 0.6) is 0 Å². The summed E-state index contributed by atoms with van der Waals surface area (Å²) in [6.07, 6.45) is 4.80. The quantitative estimate of drug-likeness (QED) is 0.576. The maximum Gasteiger partial charge on any atom is 0.320 e. The van der Waals surface area contributed by atoms with Crippen LogP contribution in [0.1, 0.15) is 28.6 Å². The predicted octanol–water partition coefficient (Wildman–Crippen LogP) is 3.05. The van der Waals surface area contributed by atoms with Crippen molar-refractivity contribution in [3.05, 3.63) is 58.2 Å². The van der Waals surface area contributed by atoms with E-state index in [1.165, 1.54) is 0 Å². The number of nitrogens with zero attached hydrogens (tertiary/aromatic N) is 4. The summed E-state index contributed by atoms with van der Waals surface area (Å²) in [5.41, 5.74) is 3.18. The van der Waals surface area contributed by atoms with Crippen LogP contribution in [0.4, 0.5) is 10.6 Å². The predicted molar refractivity (Wildman–Crippen MR) is 125 cm³/mol. The Morgan fingerprint density at radius 3 is 2.91 bits per heavy atom. The number of rotatable bonds is 7. The number of hydrogen-bond donors (Lipinski definition) is 2. The van der Waals surface area contributed by atoms with Crippen molar-refractivity contribution in [1.82, 2.24) is 25.0 Å². The van der Waals surface area contributed by atoms with Gasteiger partial charge >= 0.3 is 6.03 Å². The van der Waals surface area contributed by atoms with Gasteiger partial charge in [0.25, 0.3) is 0 Å². The van der Waals surface area contributed by atoms with Gasteiger partial charge in [0.2, 0.25) is 0 Å². The van der Waals surface area contributed by atoms with Crippen LogP contribution in [0.2, 0.25) is 0 Å². The summed E-state index contributed by atoms with van der Waals surface area (Å²) in [5, 5.41) is 14.2. The standard InChI is InChI=1S/C23H28N6O2S/c1-31-12-11-28-14-18(22-24-10-13-32-22)20(15-28)25-23(30)26-21-17-8-5-9-19(17)27-29(21)16-6-3-2-4-7-16/h2-4,6-7,10,13,18,20H,5,8-9,11-12,14-15H2,1H3,(H2,25,26,30). The zero-order chi connectivity index (χ0) is 21.9. The molecule has 32 heavy (non-hydrogen) atoms. The van der Waals surface area contributed by atoms with Gasteiger partial charge in [-0.2, -0.15) is 5.10 Å². The highest BCUT2D eigenvalue weighted by Crippen LogP contribution is 2.32. The summed E-state index contributed by atoms with van der Waals surface area (Å²) in [6.45, 7) is 3.15. The van der Waals surface area contributed by atoms with Crippen molar-refractivity contribution in [2.45, 2.75) is 31.2 Å². The lowest BCUT2D eigenvalue weighted by Crippen LogP contribution is -2.42. The molecule has 1 aliphatic carbocycles. The number of para-hydroxylation sites is 1. The first kappa shape index (κ1) is 21.1. The minimum Gasteiger partial charge on any atom is -0.383 e. The number of amides is 2. The van der Waals surface area contributed by atoms with E-state index in [9.17, 15) is 4.79 Å². The molecule has 0 spiro atoms. The Kier molecular flexibility index (Phi) is 6.20. The molecule has 2 N–H and O–H groups in total. The van der Waals surface area contributed by atoms with Crippen molar-refractivity contribution in [3.63, 3.8) is 0 Å². The molecule has 1 saturated heterocycles. The molecule has 0 saturated carbocycles. The Labute approximate surface area is 191 Å². The van der Waals surface area contributed by atoms with Gasteiger partial charge in [0.1, 0.15) is 5.82 Å². The van der Waals surface area contributed by atoms with Gasteiger partial charge in [-0.05, 0) is 31.4 Å². The second-order valence-electron chi connectivity index (χ2n) is 8.31. The van der Waals surface area contributed by atoms with Gasteiger partial charge in [-0.1, -0.05) is 18.2 Å². The van der Waals surface area contributed by atoms with Gasteiger partial charge in [0, 0.05) is 49.8 Å². The van der Waals surface area contributed by atoms with Gasteiger partial charge in [0.05, 0.1) is 29.0 Å². The highest BCUT2D eigenvalue weighted by molar-refractivity contribution is 7.09. The van der Waals surface area contributed by atoms with Crippen LogP contribution >= 0.6 is 11.3 Å². The Balaban J connectivity index is 1.34. The summed E-state index contributed by atoms with van der Waals surface area (Å²) >= 11 is 1.64. The highest BCUT2D eigenvalue weighted by atomic mass is 32.1. The number of carbonyl (C=O) groups excluding carboxylic acids is 1. The van der Waals surface area contributed by atoms with Crippen LogP contribution in [-0.4, -0.2) is 65.1 Å². The molecule has 8 nitrogen and oxygen atoms in total. The SMILES string of the molecule is COCCN1CC(NC(=O)Nc2c3c(nn2-c2ccccc2)CCC3)C(c2nccs2)C1. The van der Waals surface area contributed by atoms with Gasteiger partial charge in [0.15, 0.2) is 0 Å². The number of methoxy groups -OCH3 is 1. The number of fused-ring (bicyclic) bond motifs is 1. The molecule has 2 aromatic heterocycles. The lowest BCUT2D eigenvalue weighted by molar-refractivity contribution is 0.159. The minimum absolute atomic E-state index is 0.0147. The number of urea groups is 1. The number of ether oxygens (including phenoxy) is 1. The minimum atomic E-state index is -0.197. The molecular formula is C23H28N6O2S. The van der Waals surface area contributed by atoms with E-state index in [0.29, 0.717) is 6.61 Å². The molecule has 0 radical (unpaired) electrons. The lowest BCUT2D eigenvalue weighted by Gasteiger charge is -2.19. The molecule has 2 amide bonds. The largest absolute Gasteiger partial charge is 0.383 e. The zero-order valence-electron chi connectivity index (χ0n) is 18.2. The number of hydrogen-bond acceptors (Lipinski definition) is 6. The Morgan fingerprint density at radius 2 is 2.12 bits per heavy atom. The van der Waals surface area contributed by atoms with Crippen LogP contribution in [0.3, 0.4) is 0 Å². The maximum atomic E-state index is 13.2. The van der Waals surface area contributed by atoms with Gasteiger partial charge in [-0.15, -0.1) is 11.3 Å². The monoisotopic (exact) mass is 452 g/mol. The second kappa shape index (κ2) is 9.40. The van der Waals surface area contributed by atoms with E-state index in [1.54, 1.807) is 18.4 Å². The summed E-state index contributed by atoms with van der Waals surface area (Å²) in [7, 11) is 1.71. The number of anilines is 1. The fourth-order valence-corrected chi connectivity index (χ4v) is 5.49. The fourth-order valence-electron chi connectivity index (χ4n) is 4.69. The zero-order valence-corrected chi connectivity index (χ0v) is 19.0. The van der Waals surface area contributed by atoms with Gasteiger partial charge in [-0.25, -0.2) is 14.5 Å². The van der Waals surface area contributed by atoms with Gasteiger partial charge in [-0.3, -0.25) is 10.2 Å². The Morgan fingerprint density at radius 1 is 1.25 bits per heavy atom. The van der Waals surface area contributed by atoms with Crippen molar-refractivity contribution in [3.8, 4) is 5.69 Å². The fraction of sp³-hybridized carbons (Fsp3) is 0.435. The third-order valence-electron chi connectivity index (χ3n) is 6.23. The topological polar surface area (TPSA) is 84.3 Å². The summed E-state index contributed by atoms with van der Waals surface area (Å²) in [6, 6.07) is 9.75. The molecule has 168 valence electrons. The lowest BCUT2D eigenvalue weighted by atomic mass is 10.1. The number of aryl methyl sites for hydroxylation is 1. The number of benzene rings is 1. The molecule has 2 atom stereocenters. The maximum absolute atomic E-state index is 13.2. The average Bonchev–Trinajstić information content (AvgIpc) is 3.59. The van der Waals surface area contributed by atoms with Crippen LogP contribution in [0.25, 0.3) is 5.69 Å². The van der Waals surface area contributed by atoms with Crippen molar-refractivity contribution in [2.75, 3.05) is 38.7 Å². The first-order valence-electron chi connectivity index (χ1n) is 11.1. The normalized spacial score (nSPS) is 20.4. The van der Waals surface area contributed by atoms with E-state index < -0.39 is 0 Å². The number of nitrogens with one attached hydrogen (secondary N) is 2. The molecular weight excluding hydrogens is 424 g/mol. The number of carbonyl (C=O) groups is 1. The Hall–Kier alpha value is -2.75. The number of aromatic nitrogens is 3. The van der Waals surface area contributed by atoms with E-state index in [1.807, 2.05) is 46.6 Å². The van der Waals surface area contributed by atoms with Crippen molar-refractivity contribution >= 4 is 23.2 Å². The van der Waals surface area contributed by atoms with E-state index in [-0.39, 0.29) is 18.0 Å². The Bertz CT molecular complexity index is 1050. The van der Waals surface area contributed by atoms with E-state index in [2.05, 4.69) is 20.5 Å². The second-order valence-corrected chi connectivity index (χ2v) is 9.24. The molecule has 2 aliphatic rings. The molecule has 2 unspecified atom stereocenters. The van der Waals surface area contributed by atoms with Crippen LogP contribution in [0.15, 0.2) is 41.9 Å². The van der Waals surface area contributed by atoms with E-state index in [4.69, 9.17) is 9.84 Å². The smallest absolute Gasteiger partial charge is 0.320 e. The summed E-state index contributed by atoms with van der Waals surface area (Å²) in [4.78, 5) is 20.0. The molecule has 1 aliphatic heterocycles. The molecule has 3 aromatic rings. The number of thiazole rings is 1. The third-order valence-corrected chi connectivity index (χ3v) is 7.14. The van der Waals surface area contributed by atoms with Crippen molar-refractivity contribution in [2.24, 2.45) is 0 Å². The highest BCUT2D eigenvalue weighted by Gasteiger charge is 2.36. The van der Waals surface area contributed by atoms with Crippen LogP contribution < -0.4 is 10.6 Å². The van der Waals surface area contributed by atoms with E-state index in [0.717, 1.165) is 66.7 Å². The molecule has 3 heterocycles. The first-order chi connectivity index (χ1) is 15.7. The van der Waals surface area contributed by atoms with Crippen LogP contribution in [0, 0.1) is 0 Å². The van der Waals surface area contributed by atoms with Crippen LogP contribution in [-0.2, 0) is 17.6 Å². The van der Waals surface area contributed by atoms with Gasteiger partial charge < -0.3 is 10.1 Å². The molecule has 1 fully saturated rings. The van der Waals surface area contributed by atoms with Crippen molar-refractivity contribution in [1.29, 1.82) is 0 Å². The summed E-state index contributed by atoms with van der Waals surface area (Å²) < 4.78 is 7.11. The third kappa shape index (κ3) is 4.28. The molecule has 1 aromatic carbocycles. The average molecular weight is 453 g/mol. The first-order valence-corrected chi connectivity index (χ1v) is 12.0. The van der Waals surface area contributed by atoms with E-state index >= 15 is 0 Å². The molecule has 0 bridgehead atoms. The van der Waals surface area contributed by atoms with Crippen molar-refractivity contribution < 1.29 is 9.53 Å². The number of likely N-dealkylation sites (tertiary alicyclic amines) is 1. The summed E-state index contributed by atoms with van der Waals surface area (Å²) in [5.74, 6) is 0.948.